The lowest BCUT2D eigenvalue weighted by Gasteiger charge is -2.30. The second-order valence-electron chi connectivity index (χ2n) is 6.15. The Morgan fingerprint density at radius 2 is 1.92 bits per heavy atom. The summed E-state index contributed by atoms with van der Waals surface area (Å²) in [5.74, 6) is -0.888. The molecule has 2 aliphatic rings. The van der Waals surface area contributed by atoms with E-state index in [9.17, 15) is 14.4 Å². The van der Waals surface area contributed by atoms with Gasteiger partial charge in [0.2, 0.25) is 11.8 Å². The fourth-order valence-corrected chi connectivity index (χ4v) is 3.54. The lowest BCUT2D eigenvalue weighted by atomic mass is 9.81. The summed E-state index contributed by atoms with van der Waals surface area (Å²) in [5.41, 5.74) is 1.33. The monoisotopic (exact) mass is 378 g/mol. The van der Waals surface area contributed by atoms with E-state index in [1.165, 1.54) is 20.3 Å². The van der Waals surface area contributed by atoms with Crippen molar-refractivity contribution in [2.45, 2.75) is 25.7 Å². The minimum atomic E-state index is -0.821. The van der Waals surface area contributed by atoms with Crippen molar-refractivity contribution in [1.82, 2.24) is 5.32 Å². The van der Waals surface area contributed by atoms with Gasteiger partial charge in [-0.2, -0.15) is 0 Å². The van der Waals surface area contributed by atoms with Crippen LogP contribution < -0.4 is 20.1 Å². The highest BCUT2D eigenvalue weighted by Gasteiger charge is 2.38. The molecule has 1 aliphatic carbocycles. The molecule has 2 amide bonds. The first-order valence-corrected chi connectivity index (χ1v) is 8.61. The number of nitrogens with one attached hydrogen (secondary N) is 2. The molecule has 0 saturated heterocycles. The Kier molecular flexibility index (Phi) is 5.18. The van der Waals surface area contributed by atoms with E-state index in [4.69, 9.17) is 21.1 Å². The van der Waals surface area contributed by atoms with Crippen molar-refractivity contribution in [3.8, 4) is 11.5 Å². The average Bonchev–Trinajstić information content (AvgIpc) is 2.62. The molecule has 0 aromatic heterocycles. The van der Waals surface area contributed by atoms with Gasteiger partial charge in [-0.15, -0.1) is 0 Å². The third-order valence-electron chi connectivity index (χ3n) is 4.53. The SMILES string of the molecule is COc1cc(NC(=O)[C@H]2CC(=O)NC3=C2C(=O)CCC3)c(OC)cc1Cl. The number of carbonyl (C=O) groups is 3. The number of hydrogen-bond acceptors (Lipinski definition) is 5. The van der Waals surface area contributed by atoms with Crippen LogP contribution in [0.15, 0.2) is 23.4 Å². The molecule has 3 rings (SSSR count). The standard InChI is InChI=1S/C18H19ClN2O5/c1-25-14-8-12(15(26-2)7-10(14)19)21-18(24)9-6-16(23)20-11-4-3-5-13(22)17(9)11/h7-9H,3-6H2,1-2H3,(H,20,23)(H,21,24)/t9-/m0/s1. The zero-order valence-electron chi connectivity index (χ0n) is 14.5. The minimum Gasteiger partial charge on any atom is -0.495 e. The number of benzene rings is 1. The van der Waals surface area contributed by atoms with Crippen molar-refractivity contribution < 1.29 is 23.9 Å². The lowest BCUT2D eigenvalue weighted by Crippen LogP contribution is -2.41. The van der Waals surface area contributed by atoms with Crippen molar-refractivity contribution in [2.75, 3.05) is 19.5 Å². The molecule has 7 nitrogen and oxygen atoms in total. The van der Waals surface area contributed by atoms with Gasteiger partial charge in [0.05, 0.1) is 30.8 Å². The maximum atomic E-state index is 12.9. The average molecular weight is 379 g/mol. The zero-order chi connectivity index (χ0) is 18.8. The lowest BCUT2D eigenvalue weighted by molar-refractivity contribution is -0.128. The molecular formula is C18H19ClN2O5. The first kappa shape index (κ1) is 18.3. The summed E-state index contributed by atoms with van der Waals surface area (Å²) < 4.78 is 10.4. The van der Waals surface area contributed by atoms with Gasteiger partial charge in [-0.3, -0.25) is 14.4 Å². The quantitative estimate of drug-likeness (QED) is 0.839. The van der Waals surface area contributed by atoms with Crippen LogP contribution in [0.4, 0.5) is 5.69 Å². The zero-order valence-corrected chi connectivity index (χ0v) is 15.2. The fraction of sp³-hybridized carbons (Fsp3) is 0.389. The van der Waals surface area contributed by atoms with Gasteiger partial charge in [0.1, 0.15) is 11.5 Å². The van der Waals surface area contributed by atoms with E-state index >= 15 is 0 Å². The smallest absolute Gasteiger partial charge is 0.232 e. The van der Waals surface area contributed by atoms with Crippen molar-refractivity contribution in [2.24, 2.45) is 5.92 Å². The number of rotatable bonds is 4. The molecule has 0 fully saturated rings. The highest BCUT2D eigenvalue weighted by Crippen LogP contribution is 2.37. The number of amides is 2. The highest BCUT2D eigenvalue weighted by atomic mass is 35.5. The van der Waals surface area contributed by atoms with Gasteiger partial charge < -0.3 is 20.1 Å². The molecule has 1 aromatic rings. The van der Waals surface area contributed by atoms with Gasteiger partial charge in [-0.25, -0.2) is 0 Å². The number of anilines is 1. The van der Waals surface area contributed by atoms with Crippen LogP contribution in [0.25, 0.3) is 0 Å². The van der Waals surface area contributed by atoms with Crippen molar-refractivity contribution in [3.05, 3.63) is 28.4 Å². The minimum absolute atomic E-state index is 0.0660. The number of methoxy groups -OCH3 is 2. The van der Waals surface area contributed by atoms with Gasteiger partial charge >= 0.3 is 0 Å². The maximum absolute atomic E-state index is 12.9. The molecule has 1 aliphatic heterocycles. The van der Waals surface area contributed by atoms with Gasteiger partial charge in [0.15, 0.2) is 5.78 Å². The van der Waals surface area contributed by atoms with E-state index in [2.05, 4.69) is 10.6 Å². The predicted molar refractivity (Wildman–Crippen MR) is 95.3 cm³/mol. The van der Waals surface area contributed by atoms with Crippen molar-refractivity contribution in [1.29, 1.82) is 0 Å². The summed E-state index contributed by atoms with van der Waals surface area (Å²) in [6.45, 7) is 0. The molecular weight excluding hydrogens is 360 g/mol. The van der Waals surface area contributed by atoms with Crippen LogP contribution in [0.1, 0.15) is 25.7 Å². The summed E-state index contributed by atoms with van der Waals surface area (Å²) in [7, 11) is 2.91. The third-order valence-corrected chi connectivity index (χ3v) is 4.83. The van der Waals surface area contributed by atoms with Gasteiger partial charge in [0, 0.05) is 36.2 Å². The number of ketones is 1. The highest BCUT2D eigenvalue weighted by molar-refractivity contribution is 6.32. The molecule has 2 N–H and O–H groups in total. The van der Waals surface area contributed by atoms with Gasteiger partial charge in [0.25, 0.3) is 0 Å². The molecule has 0 spiro atoms. The molecule has 0 bridgehead atoms. The summed E-state index contributed by atoms with van der Waals surface area (Å²) in [4.78, 5) is 37.1. The van der Waals surface area contributed by atoms with E-state index < -0.39 is 11.8 Å². The Labute approximate surface area is 155 Å². The van der Waals surface area contributed by atoms with Gasteiger partial charge in [-0.05, 0) is 12.8 Å². The number of Topliss-reactive ketones (excluding diaryl/α,β-unsaturated/α-hetero) is 1. The van der Waals surface area contributed by atoms with Crippen LogP contribution in [0, 0.1) is 5.92 Å². The number of carbonyl (C=O) groups excluding carboxylic acids is 3. The van der Waals surface area contributed by atoms with Crippen LogP contribution >= 0.6 is 11.6 Å². The summed E-state index contributed by atoms with van der Waals surface area (Å²) in [6, 6.07) is 3.07. The number of allylic oxidation sites excluding steroid dienone is 1. The number of hydrogen-bond donors (Lipinski definition) is 2. The first-order chi connectivity index (χ1) is 12.4. The molecule has 0 radical (unpaired) electrons. The molecule has 1 heterocycles. The molecule has 0 unspecified atom stereocenters. The Morgan fingerprint density at radius 1 is 1.19 bits per heavy atom. The van der Waals surface area contributed by atoms with E-state index in [1.807, 2.05) is 0 Å². The third kappa shape index (κ3) is 3.39. The Morgan fingerprint density at radius 3 is 2.62 bits per heavy atom. The number of halogens is 1. The van der Waals surface area contributed by atoms with E-state index in [-0.39, 0.29) is 18.1 Å². The molecule has 138 valence electrons. The predicted octanol–water partition coefficient (Wildman–Crippen LogP) is 2.44. The maximum Gasteiger partial charge on any atom is 0.232 e. The van der Waals surface area contributed by atoms with Crippen LogP contribution in [0.3, 0.4) is 0 Å². The molecule has 8 heteroatoms. The largest absolute Gasteiger partial charge is 0.495 e. The summed E-state index contributed by atoms with van der Waals surface area (Å²) in [6.07, 6.45) is 1.59. The molecule has 0 saturated carbocycles. The van der Waals surface area contributed by atoms with Crippen molar-refractivity contribution >= 4 is 34.9 Å². The molecule has 1 atom stereocenters. The van der Waals surface area contributed by atoms with E-state index in [1.54, 1.807) is 6.07 Å². The van der Waals surface area contributed by atoms with Crippen molar-refractivity contribution in [3.63, 3.8) is 0 Å². The van der Waals surface area contributed by atoms with E-state index in [0.717, 1.165) is 0 Å². The summed E-state index contributed by atoms with van der Waals surface area (Å²) >= 11 is 6.07. The normalized spacial score (nSPS) is 19.6. The first-order valence-electron chi connectivity index (χ1n) is 8.23. The van der Waals surface area contributed by atoms with E-state index in [0.29, 0.717) is 52.7 Å². The van der Waals surface area contributed by atoms with Gasteiger partial charge in [-0.1, -0.05) is 11.6 Å². The van der Waals surface area contributed by atoms with Crippen LogP contribution in [0.2, 0.25) is 5.02 Å². The van der Waals surface area contributed by atoms with Crippen LogP contribution in [-0.4, -0.2) is 31.8 Å². The molecule has 26 heavy (non-hydrogen) atoms. The number of ether oxygens (including phenoxy) is 2. The van der Waals surface area contributed by atoms with Crippen LogP contribution in [0.5, 0.6) is 11.5 Å². The second-order valence-corrected chi connectivity index (χ2v) is 6.56. The van der Waals surface area contributed by atoms with Crippen LogP contribution in [-0.2, 0) is 14.4 Å². The Balaban J connectivity index is 1.92. The fourth-order valence-electron chi connectivity index (χ4n) is 3.31. The Bertz CT molecular complexity index is 818. The Hall–Kier alpha value is -2.54. The second kappa shape index (κ2) is 7.37. The summed E-state index contributed by atoms with van der Waals surface area (Å²) in [5, 5.41) is 5.80. The molecule has 1 aromatic carbocycles. The topological polar surface area (TPSA) is 93.7 Å².